The van der Waals surface area contributed by atoms with E-state index in [4.69, 9.17) is 14.2 Å². The number of carbonyl (C=O) groups is 3. The molecule has 0 bridgehead atoms. The number of rotatable bonds is 7. The molecule has 3 rings (SSSR count). The van der Waals surface area contributed by atoms with Crippen molar-refractivity contribution in [2.24, 2.45) is 5.92 Å². The first kappa shape index (κ1) is 23.2. The Kier molecular flexibility index (Phi) is 7.76. The highest BCUT2D eigenvalue weighted by Crippen LogP contribution is 2.30. The van der Waals surface area contributed by atoms with Crippen LogP contribution in [0.5, 0.6) is 11.5 Å². The largest absolute Gasteiger partial charge is 0.514 e. The highest BCUT2D eigenvalue weighted by atomic mass is 16.7. The predicted octanol–water partition coefficient (Wildman–Crippen LogP) is 4.78. The summed E-state index contributed by atoms with van der Waals surface area (Å²) in [5, 5.41) is 0. The molecule has 0 aliphatic heterocycles. The smallest absolute Gasteiger partial charge is 0.431 e. The monoisotopic (exact) mass is 437 g/mol. The number of para-hydroxylation sites is 2. The van der Waals surface area contributed by atoms with E-state index < -0.39 is 23.8 Å². The van der Waals surface area contributed by atoms with Crippen molar-refractivity contribution < 1.29 is 33.4 Å². The molecule has 2 aromatic rings. The lowest BCUT2D eigenvalue weighted by Crippen LogP contribution is -2.23. The van der Waals surface area contributed by atoms with Crippen LogP contribution in [0.15, 0.2) is 42.5 Å². The number of ether oxygens (including phenoxy) is 3. The van der Waals surface area contributed by atoms with Gasteiger partial charge in [-0.25, -0.2) is 4.79 Å². The average molecular weight is 437 g/mol. The summed E-state index contributed by atoms with van der Waals surface area (Å²) in [6, 6.07) is 10.5. The van der Waals surface area contributed by atoms with Crippen LogP contribution in [-0.2, 0) is 14.3 Å². The van der Waals surface area contributed by atoms with Crippen molar-refractivity contribution in [3.8, 4) is 11.5 Å². The molecule has 1 radical (unpaired) electrons. The molecule has 0 atom stereocenters. The summed E-state index contributed by atoms with van der Waals surface area (Å²) >= 11 is 0. The molecule has 0 amide bonds. The van der Waals surface area contributed by atoms with Crippen molar-refractivity contribution in [2.75, 3.05) is 0 Å². The Hall–Kier alpha value is -3.48. The molecule has 1 saturated carbocycles. The molecule has 1 aliphatic rings. The van der Waals surface area contributed by atoms with Crippen molar-refractivity contribution >= 4 is 24.2 Å². The van der Waals surface area contributed by atoms with E-state index in [0.29, 0.717) is 0 Å². The van der Waals surface area contributed by atoms with E-state index in [1.54, 1.807) is 32.3 Å². The minimum absolute atomic E-state index is 0.0138. The minimum atomic E-state index is -0.876. The Bertz CT molecular complexity index is 1000. The van der Waals surface area contributed by atoms with Gasteiger partial charge in [-0.1, -0.05) is 38.5 Å². The van der Waals surface area contributed by atoms with Gasteiger partial charge in [0, 0.05) is 0 Å². The van der Waals surface area contributed by atoms with Crippen molar-refractivity contribution in [3.63, 3.8) is 0 Å². The van der Waals surface area contributed by atoms with Crippen molar-refractivity contribution in [2.45, 2.75) is 52.1 Å². The SMILES string of the molecule is CC(C)C(=O)Oc1c([C]=O)cccc1C(=O)c1ccccc1OC(=O)OC1CCCCC1. The predicted molar refractivity (Wildman–Crippen MR) is 116 cm³/mol. The maximum absolute atomic E-state index is 13.3. The Morgan fingerprint density at radius 1 is 0.906 bits per heavy atom. The van der Waals surface area contributed by atoms with Crippen LogP contribution in [0.4, 0.5) is 4.79 Å². The number of benzene rings is 2. The summed E-state index contributed by atoms with van der Waals surface area (Å²) in [5.41, 5.74) is -0.00510. The van der Waals surface area contributed by atoms with Crippen LogP contribution >= 0.6 is 0 Å². The van der Waals surface area contributed by atoms with Crippen LogP contribution in [0.3, 0.4) is 0 Å². The quantitative estimate of drug-likeness (QED) is 0.266. The van der Waals surface area contributed by atoms with Gasteiger partial charge >= 0.3 is 12.1 Å². The molecule has 0 spiro atoms. The summed E-state index contributed by atoms with van der Waals surface area (Å²) < 4.78 is 16.1. The molecule has 32 heavy (non-hydrogen) atoms. The molecule has 0 heterocycles. The molecule has 1 aliphatic carbocycles. The average Bonchev–Trinajstić information content (AvgIpc) is 2.79. The van der Waals surface area contributed by atoms with Crippen molar-refractivity contribution in [1.82, 2.24) is 0 Å². The Morgan fingerprint density at radius 2 is 1.59 bits per heavy atom. The van der Waals surface area contributed by atoms with Gasteiger partial charge in [0.15, 0.2) is 5.75 Å². The Labute approximate surface area is 186 Å². The molecule has 7 nitrogen and oxygen atoms in total. The van der Waals surface area contributed by atoms with Crippen molar-refractivity contribution in [3.05, 3.63) is 59.2 Å². The van der Waals surface area contributed by atoms with E-state index in [1.165, 1.54) is 30.3 Å². The molecule has 167 valence electrons. The first-order valence-electron chi connectivity index (χ1n) is 10.7. The summed E-state index contributed by atoms with van der Waals surface area (Å²) in [4.78, 5) is 49.2. The number of hydrogen-bond donors (Lipinski definition) is 0. The van der Waals surface area contributed by atoms with Crippen LogP contribution in [0.1, 0.15) is 67.4 Å². The second kappa shape index (κ2) is 10.7. The Morgan fingerprint density at radius 3 is 2.28 bits per heavy atom. The lowest BCUT2D eigenvalue weighted by molar-refractivity contribution is -0.137. The van der Waals surface area contributed by atoms with Gasteiger partial charge in [0.25, 0.3) is 0 Å². The van der Waals surface area contributed by atoms with E-state index >= 15 is 0 Å². The van der Waals surface area contributed by atoms with Gasteiger partial charge in [-0.2, -0.15) is 0 Å². The first-order chi connectivity index (χ1) is 15.4. The van der Waals surface area contributed by atoms with E-state index in [-0.39, 0.29) is 34.3 Å². The highest BCUT2D eigenvalue weighted by Gasteiger charge is 2.25. The lowest BCUT2D eigenvalue weighted by atomic mass is 9.98. The molecule has 7 heteroatoms. The number of hydrogen-bond acceptors (Lipinski definition) is 7. The summed E-state index contributed by atoms with van der Waals surface area (Å²) in [5.74, 6) is -1.80. The van der Waals surface area contributed by atoms with Crippen molar-refractivity contribution in [1.29, 1.82) is 0 Å². The van der Waals surface area contributed by atoms with Gasteiger partial charge < -0.3 is 14.2 Å². The zero-order chi connectivity index (χ0) is 23.1. The molecular formula is C25H25O7. The van der Waals surface area contributed by atoms with Gasteiger partial charge in [0.2, 0.25) is 12.1 Å². The first-order valence-corrected chi connectivity index (χ1v) is 10.7. The van der Waals surface area contributed by atoms with Crippen LogP contribution < -0.4 is 9.47 Å². The second-order valence-corrected chi connectivity index (χ2v) is 7.92. The molecule has 2 aromatic carbocycles. The van der Waals surface area contributed by atoms with Crippen LogP contribution in [0.2, 0.25) is 0 Å². The highest BCUT2D eigenvalue weighted by molar-refractivity contribution is 6.13. The molecular weight excluding hydrogens is 412 g/mol. The normalized spacial score (nSPS) is 14.0. The zero-order valence-corrected chi connectivity index (χ0v) is 18.1. The fourth-order valence-corrected chi connectivity index (χ4v) is 3.45. The third-order valence-corrected chi connectivity index (χ3v) is 5.18. The summed E-state index contributed by atoms with van der Waals surface area (Å²) in [7, 11) is 0. The summed E-state index contributed by atoms with van der Waals surface area (Å²) in [6.45, 7) is 3.27. The van der Waals surface area contributed by atoms with Gasteiger partial charge in [0.05, 0.1) is 22.6 Å². The zero-order valence-electron chi connectivity index (χ0n) is 18.1. The van der Waals surface area contributed by atoms with Gasteiger partial charge in [-0.15, -0.1) is 0 Å². The van der Waals surface area contributed by atoms with E-state index in [2.05, 4.69) is 0 Å². The summed E-state index contributed by atoms with van der Waals surface area (Å²) in [6.07, 6.45) is 5.31. The molecule has 0 unspecified atom stereocenters. The van der Waals surface area contributed by atoms with Crippen LogP contribution in [0, 0.1) is 5.92 Å². The molecule has 1 fully saturated rings. The number of carbonyl (C=O) groups excluding carboxylic acids is 4. The minimum Gasteiger partial charge on any atom is -0.431 e. The topological polar surface area (TPSA) is 96.0 Å². The van der Waals surface area contributed by atoms with E-state index in [9.17, 15) is 19.2 Å². The van der Waals surface area contributed by atoms with E-state index in [1.807, 2.05) is 0 Å². The third kappa shape index (κ3) is 5.60. The maximum Gasteiger partial charge on any atom is 0.514 e. The maximum atomic E-state index is 13.3. The van der Waals surface area contributed by atoms with E-state index in [0.717, 1.165) is 32.1 Å². The second-order valence-electron chi connectivity index (χ2n) is 7.92. The molecule has 0 saturated heterocycles. The lowest BCUT2D eigenvalue weighted by Gasteiger charge is -2.21. The van der Waals surface area contributed by atoms with Crippen LogP contribution in [0.25, 0.3) is 0 Å². The Balaban J connectivity index is 1.87. The fourth-order valence-electron chi connectivity index (χ4n) is 3.45. The number of esters is 1. The third-order valence-electron chi connectivity index (χ3n) is 5.18. The van der Waals surface area contributed by atoms with Crippen LogP contribution in [-0.4, -0.2) is 30.3 Å². The number of ketones is 1. The standard InChI is InChI=1S/C25H25O7/c1-16(2)24(28)32-23-17(15-26)9-8-13-20(23)22(27)19-12-6-7-14-21(19)31-25(29)30-18-10-4-3-5-11-18/h6-9,12-14,16,18H,3-5,10-11H2,1-2H3. The molecule has 0 N–H and O–H groups in total. The van der Waals surface area contributed by atoms with Gasteiger partial charge in [0.1, 0.15) is 11.9 Å². The van der Waals surface area contributed by atoms with Gasteiger partial charge in [-0.3, -0.25) is 14.4 Å². The molecule has 0 aromatic heterocycles. The fraction of sp³-hybridized carbons (Fsp3) is 0.360. The van der Waals surface area contributed by atoms with Gasteiger partial charge in [-0.05, 0) is 49.9 Å².